The highest BCUT2D eigenvalue weighted by Gasteiger charge is 2.22. The van der Waals surface area contributed by atoms with Crippen LogP contribution < -0.4 is 4.74 Å². The first kappa shape index (κ1) is 18.1. The van der Waals surface area contributed by atoms with Gasteiger partial charge in [-0.3, -0.25) is 4.68 Å². The van der Waals surface area contributed by atoms with E-state index in [1.165, 1.54) is 18.5 Å². The van der Waals surface area contributed by atoms with E-state index in [0.717, 1.165) is 50.4 Å². The standard InChI is InChI=1S/C23H19F2N5O/c24-13-2-4-19-15(8-13)17-10-18-16-9-14(25)3-5-20(16)29-22(18)23(21(17)28-19)31-7-1-6-30-12-26-11-27-30/h2,4,8-12,28-29H,1,3,5-7H2. The molecule has 0 amide bonds. The minimum absolute atomic E-state index is 0.131. The second-order valence-corrected chi connectivity index (χ2v) is 7.83. The van der Waals surface area contributed by atoms with Crippen LogP contribution in [0.4, 0.5) is 8.78 Å². The Labute approximate surface area is 175 Å². The summed E-state index contributed by atoms with van der Waals surface area (Å²) in [5, 5.41) is 6.63. The summed E-state index contributed by atoms with van der Waals surface area (Å²) < 4.78 is 36.1. The third-order valence-corrected chi connectivity index (χ3v) is 5.86. The maximum Gasteiger partial charge on any atom is 0.167 e. The first-order valence-corrected chi connectivity index (χ1v) is 10.3. The predicted octanol–water partition coefficient (Wildman–Crippen LogP) is 5.26. The Balaban J connectivity index is 1.50. The van der Waals surface area contributed by atoms with Crippen molar-refractivity contribution in [1.82, 2.24) is 24.7 Å². The van der Waals surface area contributed by atoms with Gasteiger partial charge in [0, 0.05) is 52.3 Å². The molecule has 0 saturated carbocycles. The van der Waals surface area contributed by atoms with Crippen molar-refractivity contribution in [2.24, 2.45) is 0 Å². The fourth-order valence-corrected chi connectivity index (χ4v) is 4.42. The first-order chi connectivity index (χ1) is 15.2. The Bertz CT molecular complexity index is 1460. The summed E-state index contributed by atoms with van der Waals surface area (Å²) in [6, 6.07) is 6.67. The molecule has 31 heavy (non-hydrogen) atoms. The highest BCUT2D eigenvalue weighted by atomic mass is 19.1. The van der Waals surface area contributed by atoms with Gasteiger partial charge in [-0.2, -0.15) is 5.10 Å². The molecule has 3 aromatic heterocycles. The smallest absolute Gasteiger partial charge is 0.167 e. The lowest BCUT2D eigenvalue weighted by Gasteiger charge is -2.10. The molecule has 5 aromatic rings. The van der Waals surface area contributed by atoms with Gasteiger partial charge < -0.3 is 14.7 Å². The highest BCUT2D eigenvalue weighted by Crippen LogP contribution is 2.42. The van der Waals surface area contributed by atoms with Crippen LogP contribution in [0.5, 0.6) is 5.75 Å². The molecule has 3 heterocycles. The van der Waals surface area contributed by atoms with Crippen molar-refractivity contribution in [1.29, 1.82) is 0 Å². The minimum atomic E-state index is -0.300. The molecule has 6 rings (SSSR count). The molecule has 1 aliphatic carbocycles. The molecule has 0 fully saturated rings. The van der Waals surface area contributed by atoms with Crippen LogP contribution in [0, 0.1) is 5.82 Å². The van der Waals surface area contributed by atoms with Gasteiger partial charge in [0.15, 0.2) is 5.75 Å². The van der Waals surface area contributed by atoms with Crippen LogP contribution in [0.2, 0.25) is 0 Å². The fraction of sp³-hybridized carbons (Fsp3) is 0.217. The SMILES string of the molecule is FC1=Cc2c([nH]c3c(OCCCn4cncn4)c4[nH]c5ccc(F)cc5c4cc23)CC1. The van der Waals surface area contributed by atoms with Crippen LogP contribution in [0.15, 0.2) is 42.7 Å². The molecule has 2 aromatic carbocycles. The van der Waals surface area contributed by atoms with E-state index in [0.29, 0.717) is 31.7 Å². The summed E-state index contributed by atoms with van der Waals surface area (Å²) in [6.07, 6.45) is 6.51. The van der Waals surface area contributed by atoms with Crippen molar-refractivity contribution < 1.29 is 13.5 Å². The van der Waals surface area contributed by atoms with Gasteiger partial charge in [-0.25, -0.2) is 13.8 Å². The quantitative estimate of drug-likeness (QED) is 0.382. The highest BCUT2D eigenvalue weighted by molar-refractivity contribution is 6.16. The Morgan fingerprint density at radius 3 is 2.81 bits per heavy atom. The van der Waals surface area contributed by atoms with E-state index >= 15 is 0 Å². The third-order valence-electron chi connectivity index (χ3n) is 5.86. The monoisotopic (exact) mass is 419 g/mol. The van der Waals surface area contributed by atoms with Crippen LogP contribution in [-0.4, -0.2) is 31.3 Å². The molecule has 0 atom stereocenters. The van der Waals surface area contributed by atoms with Gasteiger partial charge in [0.25, 0.3) is 0 Å². The Kier molecular flexibility index (Phi) is 4.05. The Hall–Kier alpha value is -3.68. The molecular weight excluding hydrogens is 400 g/mol. The number of H-pyrrole nitrogens is 2. The summed E-state index contributed by atoms with van der Waals surface area (Å²) in [7, 11) is 0. The molecule has 6 nitrogen and oxygen atoms in total. The van der Waals surface area contributed by atoms with Crippen molar-refractivity contribution in [3.05, 3.63) is 59.8 Å². The van der Waals surface area contributed by atoms with E-state index in [2.05, 4.69) is 20.1 Å². The van der Waals surface area contributed by atoms with Gasteiger partial charge in [0.1, 0.15) is 24.3 Å². The van der Waals surface area contributed by atoms with E-state index < -0.39 is 0 Å². The van der Waals surface area contributed by atoms with Crippen LogP contribution in [0.3, 0.4) is 0 Å². The topological polar surface area (TPSA) is 71.5 Å². The number of fused-ring (bicyclic) bond motifs is 6. The van der Waals surface area contributed by atoms with E-state index in [-0.39, 0.29) is 11.6 Å². The molecule has 0 saturated heterocycles. The average Bonchev–Trinajstić information content (AvgIpc) is 3.48. The molecule has 0 unspecified atom stereocenters. The number of aryl methyl sites for hydroxylation is 2. The predicted molar refractivity (Wildman–Crippen MR) is 115 cm³/mol. The number of nitrogens with zero attached hydrogens (tertiary/aromatic N) is 3. The maximum absolute atomic E-state index is 14.1. The molecule has 0 aliphatic heterocycles. The number of rotatable bonds is 5. The van der Waals surface area contributed by atoms with Gasteiger partial charge in [0.05, 0.1) is 17.6 Å². The second-order valence-electron chi connectivity index (χ2n) is 7.83. The number of nitrogens with one attached hydrogen (secondary N) is 2. The maximum atomic E-state index is 14.1. The zero-order valence-corrected chi connectivity index (χ0v) is 16.6. The number of ether oxygens (including phenoxy) is 1. The molecule has 156 valence electrons. The van der Waals surface area contributed by atoms with Crippen molar-refractivity contribution in [2.45, 2.75) is 25.8 Å². The number of halogens is 2. The Morgan fingerprint density at radius 2 is 1.94 bits per heavy atom. The van der Waals surface area contributed by atoms with Crippen molar-refractivity contribution >= 4 is 38.8 Å². The lowest BCUT2D eigenvalue weighted by atomic mass is 10.00. The first-order valence-electron chi connectivity index (χ1n) is 10.3. The zero-order chi connectivity index (χ0) is 20.9. The lowest BCUT2D eigenvalue weighted by Crippen LogP contribution is -2.05. The largest absolute Gasteiger partial charge is 0.489 e. The number of hydrogen-bond donors (Lipinski definition) is 2. The molecule has 8 heteroatoms. The van der Waals surface area contributed by atoms with Crippen LogP contribution in [-0.2, 0) is 13.0 Å². The number of aromatic nitrogens is 5. The van der Waals surface area contributed by atoms with Crippen LogP contribution in [0.1, 0.15) is 24.1 Å². The summed E-state index contributed by atoms with van der Waals surface area (Å²) >= 11 is 0. The summed E-state index contributed by atoms with van der Waals surface area (Å²) in [4.78, 5) is 10.8. The van der Waals surface area contributed by atoms with Crippen molar-refractivity contribution in [3.63, 3.8) is 0 Å². The van der Waals surface area contributed by atoms with E-state index in [4.69, 9.17) is 4.74 Å². The number of aromatic amines is 2. The van der Waals surface area contributed by atoms with Crippen molar-refractivity contribution in [3.8, 4) is 5.75 Å². The lowest BCUT2D eigenvalue weighted by molar-refractivity contribution is 0.304. The average molecular weight is 419 g/mol. The normalized spacial score (nSPS) is 13.8. The van der Waals surface area contributed by atoms with Crippen LogP contribution in [0.25, 0.3) is 38.8 Å². The van der Waals surface area contributed by atoms with Gasteiger partial charge in [-0.05, 0) is 36.8 Å². The van der Waals surface area contributed by atoms with Crippen LogP contribution >= 0.6 is 0 Å². The minimum Gasteiger partial charge on any atom is -0.489 e. The zero-order valence-electron chi connectivity index (χ0n) is 16.6. The van der Waals surface area contributed by atoms with Gasteiger partial charge >= 0.3 is 0 Å². The van der Waals surface area contributed by atoms with Gasteiger partial charge in [-0.1, -0.05) is 0 Å². The van der Waals surface area contributed by atoms with E-state index in [1.54, 1.807) is 23.2 Å². The molecule has 0 spiro atoms. The van der Waals surface area contributed by atoms with E-state index in [9.17, 15) is 8.78 Å². The molecule has 1 aliphatic rings. The molecule has 0 radical (unpaired) electrons. The number of hydrogen-bond acceptors (Lipinski definition) is 3. The summed E-state index contributed by atoms with van der Waals surface area (Å²) in [5.74, 6) is 0.241. The second kappa shape index (κ2) is 6.94. The Morgan fingerprint density at radius 1 is 1.03 bits per heavy atom. The molecule has 0 bridgehead atoms. The number of benzene rings is 2. The number of allylic oxidation sites excluding steroid dienone is 1. The third kappa shape index (κ3) is 2.98. The van der Waals surface area contributed by atoms with Crippen molar-refractivity contribution in [2.75, 3.05) is 6.61 Å². The molecular formula is C23H19F2N5O. The van der Waals surface area contributed by atoms with Gasteiger partial charge in [-0.15, -0.1) is 0 Å². The molecule has 2 N–H and O–H groups in total. The van der Waals surface area contributed by atoms with E-state index in [1.807, 2.05) is 6.07 Å². The summed E-state index contributed by atoms with van der Waals surface area (Å²) in [6.45, 7) is 1.15. The summed E-state index contributed by atoms with van der Waals surface area (Å²) in [5.41, 5.74) is 4.30. The van der Waals surface area contributed by atoms with Gasteiger partial charge in [0.2, 0.25) is 0 Å². The fourth-order valence-electron chi connectivity index (χ4n) is 4.42.